The molecule has 2 aliphatic rings. The molecule has 0 bridgehead atoms. The van der Waals surface area contributed by atoms with E-state index < -0.39 is 0 Å². The van der Waals surface area contributed by atoms with Gasteiger partial charge < -0.3 is 5.73 Å². The Morgan fingerprint density at radius 2 is 2.05 bits per heavy atom. The zero-order valence-corrected chi connectivity index (χ0v) is 13.3. The van der Waals surface area contributed by atoms with Gasteiger partial charge in [-0.2, -0.15) is 0 Å². The topological polar surface area (TPSA) is 32.5 Å². The number of hydrogen-bond acceptors (Lipinski definition) is 3. The smallest absolute Gasteiger partial charge is 0.0467 e. The van der Waals surface area contributed by atoms with Crippen LogP contribution in [0, 0.1) is 5.92 Å². The van der Waals surface area contributed by atoms with Crippen LogP contribution in [-0.2, 0) is 6.54 Å². The minimum atomic E-state index is 0.199. The van der Waals surface area contributed by atoms with Crippen LogP contribution in [0.15, 0.2) is 30.3 Å². The van der Waals surface area contributed by atoms with Crippen molar-refractivity contribution in [1.82, 2.24) is 9.80 Å². The molecule has 0 aromatic heterocycles. The minimum absolute atomic E-state index is 0.199. The van der Waals surface area contributed by atoms with Crippen molar-refractivity contribution in [2.24, 2.45) is 11.7 Å². The Bertz CT molecular complexity index is 443. The van der Waals surface area contributed by atoms with Crippen LogP contribution in [0.1, 0.15) is 31.2 Å². The Morgan fingerprint density at radius 1 is 1.29 bits per heavy atom. The molecule has 3 nitrogen and oxygen atoms in total. The molecule has 1 heterocycles. The van der Waals surface area contributed by atoms with Crippen molar-refractivity contribution >= 4 is 0 Å². The Morgan fingerprint density at radius 3 is 2.67 bits per heavy atom. The van der Waals surface area contributed by atoms with E-state index in [2.05, 4.69) is 47.2 Å². The summed E-state index contributed by atoms with van der Waals surface area (Å²) in [4.78, 5) is 5.14. The molecular formula is C18H29N3. The third kappa shape index (κ3) is 3.31. The van der Waals surface area contributed by atoms with Crippen LogP contribution in [-0.4, -0.2) is 48.6 Å². The van der Waals surface area contributed by atoms with Crippen LogP contribution in [0.5, 0.6) is 0 Å². The Balaban J connectivity index is 1.59. The van der Waals surface area contributed by atoms with Crippen molar-refractivity contribution in [2.75, 3.05) is 33.2 Å². The number of nitrogens with zero attached hydrogens (tertiary/aromatic N) is 2. The van der Waals surface area contributed by atoms with Crippen molar-refractivity contribution in [1.29, 1.82) is 0 Å². The average Bonchev–Trinajstić information content (AvgIpc) is 2.88. The molecule has 21 heavy (non-hydrogen) atoms. The lowest BCUT2D eigenvalue weighted by Crippen LogP contribution is -2.55. The van der Waals surface area contributed by atoms with Crippen LogP contribution < -0.4 is 5.73 Å². The average molecular weight is 287 g/mol. The third-order valence-electron chi connectivity index (χ3n) is 5.61. The Kier molecular flexibility index (Phi) is 4.63. The van der Waals surface area contributed by atoms with Gasteiger partial charge in [-0.05, 0) is 37.8 Å². The fraction of sp³-hybridized carbons (Fsp3) is 0.667. The van der Waals surface area contributed by atoms with E-state index in [4.69, 9.17) is 5.73 Å². The molecule has 2 fully saturated rings. The number of benzene rings is 1. The van der Waals surface area contributed by atoms with Gasteiger partial charge in [-0.25, -0.2) is 0 Å². The maximum Gasteiger partial charge on any atom is 0.0467 e. The standard InChI is InChI=1S/C18H29N3/c1-20(12-16-8-5-9-16)18(14-19)10-11-21(15-18)13-17-6-3-2-4-7-17/h2-4,6-7,16H,5,8-15,19H2,1H3. The molecule has 0 amide bonds. The molecule has 1 aliphatic carbocycles. The van der Waals surface area contributed by atoms with E-state index in [9.17, 15) is 0 Å². The van der Waals surface area contributed by atoms with Gasteiger partial charge in [0.1, 0.15) is 0 Å². The molecule has 3 heteroatoms. The van der Waals surface area contributed by atoms with Gasteiger partial charge in [0.05, 0.1) is 0 Å². The summed E-state index contributed by atoms with van der Waals surface area (Å²) in [7, 11) is 2.29. The first kappa shape index (κ1) is 15.0. The number of rotatable bonds is 6. The summed E-state index contributed by atoms with van der Waals surface area (Å²) in [6.07, 6.45) is 5.46. The molecule has 116 valence electrons. The molecule has 0 spiro atoms. The molecule has 1 saturated carbocycles. The number of likely N-dealkylation sites (N-methyl/N-ethyl adjacent to an activating group) is 1. The summed E-state index contributed by atoms with van der Waals surface area (Å²) in [6.45, 7) is 5.35. The summed E-state index contributed by atoms with van der Waals surface area (Å²) in [5.41, 5.74) is 7.80. The molecule has 1 aromatic carbocycles. The molecule has 2 N–H and O–H groups in total. The highest BCUT2D eigenvalue weighted by Gasteiger charge is 2.41. The summed E-state index contributed by atoms with van der Waals surface area (Å²) in [6, 6.07) is 10.8. The van der Waals surface area contributed by atoms with Gasteiger partial charge in [-0.15, -0.1) is 0 Å². The van der Waals surface area contributed by atoms with Gasteiger partial charge >= 0.3 is 0 Å². The van der Waals surface area contributed by atoms with Crippen molar-refractivity contribution < 1.29 is 0 Å². The third-order valence-corrected chi connectivity index (χ3v) is 5.61. The molecule has 1 aromatic rings. The van der Waals surface area contributed by atoms with Gasteiger partial charge in [0.2, 0.25) is 0 Å². The normalized spacial score (nSPS) is 27.2. The largest absolute Gasteiger partial charge is 0.329 e. The van der Waals surface area contributed by atoms with Crippen molar-refractivity contribution in [2.45, 2.75) is 37.8 Å². The van der Waals surface area contributed by atoms with Gasteiger partial charge in [-0.1, -0.05) is 36.8 Å². The van der Waals surface area contributed by atoms with E-state index in [1.54, 1.807) is 0 Å². The number of nitrogens with two attached hydrogens (primary N) is 1. The Hall–Kier alpha value is -0.900. The predicted molar refractivity (Wildman–Crippen MR) is 88.1 cm³/mol. The van der Waals surface area contributed by atoms with Crippen molar-refractivity contribution in [3.63, 3.8) is 0 Å². The molecule has 3 rings (SSSR count). The molecule has 1 aliphatic heterocycles. The van der Waals surface area contributed by atoms with Crippen LogP contribution in [0.4, 0.5) is 0 Å². The SMILES string of the molecule is CN(CC1CCC1)C1(CN)CCN(Cc2ccccc2)C1. The molecule has 1 unspecified atom stereocenters. The maximum atomic E-state index is 6.19. The van der Waals surface area contributed by atoms with Crippen LogP contribution >= 0.6 is 0 Å². The molecule has 1 saturated heterocycles. The second-order valence-corrected chi connectivity index (χ2v) is 7.05. The monoisotopic (exact) mass is 287 g/mol. The fourth-order valence-electron chi connectivity index (χ4n) is 3.81. The van der Waals surface area contributed by atoms with Gasteiger partial charge in [0, 0.05) is 38.3 Å². The van der Waals surface area contributed by atoms with E-state index in [1.165, 1.54) is 44.3 Å². The van der Waals surface area contributed by atoms with Crippen LogP contribution in [0.3, 0.4) is 0 Å². The highest BCUT2D eigenvalue weighted by molar-refractivity contribution is 5.15. The van der Waals surface area contributed by atoms with E-state index in [0.717, 1.165) is 25.6 Å². The van der Waals surface area contributed by atoms with E-state index in [-0.39, 0.29) is 5.54 Å². The minimum Gasteiger partial charge on any atom is -0.329 e. The predicted octanol–water partition coefficient (Wildman–Crippen LogP) is 2.32. The van der Waals surface area contributed by atoms with Crippen LogP contribution in [0.2, 0.25) is 0 Å². The molecule has 0 radical (unpaired) electrons. The first-order chi connectivity index (χ1) is 10.2. The zero-order valence-electron chi connectivity index (χ0n) is 13.3. The summed E-state index contributed by atoms with van der Waals surface area (Å²) in [5.74, 6) is 0.918. The fourth-order valence-corrected chi connectivity index (χ4v) is 3.81. The first-order valence-electron chi connectivity index (χ1n) is 8.39. The number of hydrogen-bond donors (Lipinski definition) is 1. The quantitative estimate of drug-likeness (QED) is 0.871. The zero-order chi connectivity index (χ0) is 14.7. The van der Waals surface area contributed by atoms with E-state index in [0.29, 0.717) is 0 Å². The van der Waals surface area contributed by atoms with Crippen molar-refractivity contribution in [3.8, 4) is 0 Å². The summed E-state index contributed by atoms with van der Waals surface area (Å²) < 4.78 is 0. The number of likely N-dealkylation sites (tertiary alicyclic amines) is 1. The van der Waals surface area contributed by atoms with Gasteiger partial charge in [-0.3, -0.25) is 9.80 Å². The second kappa shape index (κ2) is 6.47. The highest BCUT2D eigenvalue weighted by atomic mass is 15.3. The Labute approximate surface area is 129 Å². The van der Waals surface area contributed by atoms with Crippen LogP contribution in [0.25, 0.3) is 0 Å². The van der Waals surface area contributed by atoms with Crippen molar-refractivity contribution in [3.05, 3.63) is 35.9 Å². The lowest BCUT2D eigenvalue weighted by Gasteiger charge is -2.41. The molecular weight excluding hydrogens is 258 g/mol. The lowest BCUT2D eigenvalue weighted by molar-refractivity contribution is 0.0884. The first-order valence-corrected chi connectivity index (χ1v) is 8.39. The second-order valence-electron chi connectivity index (χ2n) is 7.05. The highest BCUT2D eigenvalue weighted by Crippen LogP contribution is 2.32. The van der Waals surface area contributed by atoms with E-state index >= 15 is 0 Å². The summed E-state index contributed by atoms with van der Waals surface area (Å²) >= 11 is 0. The van der Waals surface area contributed by atoms with Gasteiger partial charge in [0.15, 0.2) is 0 Å². The van der Waals surface area contributed by atoms with Gasteiger partial charge in [0.25, 0.3) is 0 Å². The van der Waals surface area contributed by atoms with E-state index in [1.807, 2.05) is 0 Å². The lowest BCUT2D eigenvalue weighted by atomic mass is 9.83. The maximum absolute atomic E-state index is 6.19. The summed E-state index contributed by atoms with van der Waals surface area (Å²) in [5, 5.41) is 0. The molecule has 1 atom stereocenters.